The van der Waals surface area contributed by atoms with Gasteiger partial charge in [0.2, 0.25) is 5.88 Å². The Kier molecular flexibility index (Phi) is 4.16. The first-order valence-corrected chi connectivity index (χ1v) is 8.12. The molecule has 1 fully saturated rings. The zero-order chi connectivity index (χ0) is 17.1. The highest BCUT2D eigenvalue weighted by Gasteiger charge is 2.27. The zero-order valence-corrected chi connectivity index (χ0v) is 13.5. The quantitative estimate of drug-likeness (QED) is 0.782. The number of ether oxygens (including phenoxy) is 1. The Morgan fingerprint density at radius 3 is 3.12 bits per heavy atom. The molecule has 128 valence electrons. The number of H-pyrrole nitrogens is 1. The molecule has 0 aromatic carbocycles. The standard InChI is InChI=1S/C17H17N5O3/c23-17(14-10-13(19-20-14)15-5-3-9-24-15)22-8-2-4-12(11-22)25-16-6-1-7-18-21-16/h1,3,5-7,9-10,12H,2,4,8,11H2,(H,19,20). The maximum Gasteiger partial charge on any atom is 0.274 e. The highest BCUT2D eigenvalue weighted by molar-refractivity contribution is 5.93. The van der Waals surface area contributed by atoms with Gasteiger partial charge in [0.25, 0.3) is 5.91 Å². The van der Waals surface area contributed by atoms with Crippen molar-refractivity contribution >= 4 is 5.91 Å². The molecule has 1 saturated heterocycles. The Balaban J connectivity index is 1.43. The van der Waals surface area contributed by atoms with Crippen LogP contribution in [0.5, 0.6) is 5.88 Å². The first-order chi connectivity index (χ1) is 12.3. The number of aromatic amines is 1. The van der Waals surface area contributed by atoms with Crippen molar-refractivity contribution in [2.45, 2.75) is 18.9 Å². The number of carbonyl (C=O) groups is 1. The van der Waals surface area contributed by atoms with Crippen molar-refractivity contribution in [3.8, 4) is 17.3 Å². The summed E-state index contributed by atoms with van der Waals surface area (Å²) in [6.45, 7) is 1.18. The molecule has 1 atom stereocenters. The molecule has 1 aliphatic heterocycles. The lowest BCUT2D eigenvalue weighted by Crippen LogP contribution is -2.44. The number of hydrogen-bond acceptors (Lipinski definition) is 6. The molecular weight excluding hydrogens is 322 g/mol. The van der Waals surface area contributed by atoms with Crippen LogP contribution in [0.25, 0.3) is 11.5 Å². The maximum atomic E-state index is 12.7. The Hall–Kier alpha value is -3.16. The molecule has 8 heteroatoms. The number of rotatable bonds is 4. The molecule has 1 amide bonds. The molecule has 4 heterocycles. The lowest BCUT2D eigenvalue weighted by Gasteiger charge is -2.32. The Morgan fingerprint density at radius 2 is 2.32 bits per heavy atom. The van der Waals surface area contributed by atoms with Crippen LogP contribution >= 0.6 is 0 Å². The van der Waals surface area contributed by atoms with E-state index in [0.29, 0.717) is 36.1 Å². The van der Waals surface area contributed by atoms with Crippen LogP contribution in [0.1, 0.15) is 23.3 Å². The van der Waals surface area contributed by atoms with Crippen LogP contribution in [0, 0.1) is 0 Å². The third-order valence-corrected chi connectivity index (χ3v) is 4.08. The first kappa shape index (κ1) is 15.4. The summed E-state index contributed by atoms with van der Waals surface area (Å²) in [5, 5.41) is 14.7. The number of nitrogens with one attached hydrogen (secondary N) is 1. The predicted octanol–water partition coefficient (Wildman–Crippen LogP) is 2.14. The summed E-state index contributed by atoms with van der Waals surface area (Å²) in [5.74, 6) is 0.997. The minimum atomic E-state index is -0.124. The fourth-order valence-electron chi connectivity index (χ4n) is 2.89. The molecule has 3 aromatic rings. The minimum absolute atomic E-state index is 0.0992. The normalized spacial score (nSPS) is 17.4. The molecule has 1 unspecified atom stereocenters. The summed E-state index contributed by atoms with van der Waals surface area (Å²) in [6.07, 6.45) is 4.82. The summed E-state index contributed by atoms with van der Waals surface area (Å²) in [5.41, 5.74) is 1.05. The van der Waals surface area contributed by atoms with Gasteiger partial charge in [-0.2, -0.15) is 10.2 Å². The van der Waals surface area contributed by atoms with E-state index in [2.05, 4.69) is 20.4 Å². The molecular formula is C17H17N5O3. The van der Waals surface area contributed by atoms with Gasteiger partial charge in [-0.25, -0.2) is 0 Å². The maximum absolute atomic E-state index is 12.7. The Morgan fingerprint density at radius 1 is 1.36 bits per heavy atom. The molecule has 0 radical (unpaired) electrons. The van der Waals surface area contributed by atoms with E-state index in [-0.39, 0.29) is 12.0 Å². The van der Waals surface area contributed by atoms with Gasteiger partial charge in [-0.05, 0) is 31.0 Å². The number of carbonyl (C=O) groups excluding carboxylic acids is 1. The molecule has 25 heavy (non-hydrogen) atoms. The second-order valence-corrected chi connectivity index (χ2v) is 5.84. The third-order valence-electron chi connectivity index (χ3n) is 4.08. The number of furan rings is 1. The van der Waals surface area contributed by atoms with Gasteiger partial charge in [0.05, 0.1) is 12.8 Å². The number of hydrogen-bond donors (Lipinski definition) is 1. The zero-order valence-electron chi connectivity index (χ0n) is 13.5. The van der Waals surface area contributed by atoms with Crippen LogP contribution in [-0.2, 0) is 0 Å². The van der Waals surface area contributed by atoms with E-state index in [1.165, 1.54) is 0 Å². The number of aromatic nitrogens is 4. The van der Waals surface area contributed by atoms with Gasteiger partial charge in [-0.1, -0.05) is 0 Å². The second-order valence-electron chi connectivity index (χ2n) is 5.84. The van der Waals surface area contributed by atoms with E-state index in [4.69, 9.17) is 9.15 Å². The van der Waals surface area contributed by atoms with Crippen molar-refractivity contribution in [3.05, 3.63) is 48.5 Å². The SMILES string of the molecule is O=C(c1cc(-c2ccco2)[nH]n1)N1CCCC(Oc2cccnn2)C1. The highest BCUT2D eigenvalue weighted by Crippen LogP contribution is 2.21. The molecule has 1 N–H and O–H groups in total. The highest BCUT2D eigenvalue weighted by atomic mass is 16.5. The Labute approximate surface area is 143 Å². The molecule has 4 rings (SSSR count). The molecule has 0 spiro atoms. The number of likely N-dealkylation sites (tertiary alicyclic amines) is 1. The predicted molar refractivity (Wildman–Crippen MR) is 87.9 cm³/mol. The van der Waals surface area contributed by atoms with Gasteiger partial charge in [-0.15, -0.1) is 5.10 Å². The Bertz CT molecular complexity index is 831. The van der Waals surface area contributed by atoms with Gasteiger partial charge in [0, 0.05) is 24.9 Å². The summed E-state index contributed by atoms with van der Waals surface area (Å²) in [7, 11) is 0. The van der Waals surface area contributed by atoms with E-state index in [9.17, 15) is 4.79 Å². The molecule has 0 bridgehead atoms. The lowest BCUT2D eigenvalue weighted by atomic mass is 10.1. The number of piperidine rings is 1. The smallest absolute Gasteiger partial charge is 0.274 e. The summed E-state index contributed by atoms with van der Waals surface area (Å²) in [6, 6.07) is 8.84. The van der Waals surface area contributed by atoms with Crippen LogP contribution in [0.15, 0.2) is 47.2 Å². The molecule has 0 saturated carbocycles. The van der Waals surface area contributed by atoms with E-state index in [1.54, 1.807) is 41.6 Å². The molecule has 8 nitrogen and oxygen atoms in total. The van der Waals surface area contributed by atoms with Crippen molar-refractivity contribution in [1.29, 1.82) is 0 Å². The number of nitrogens with zero attached hydrogens (tertiary/aromatic N) is 4. The van der Waals surface area contributed by atoms with E-state index in [1.807, 2.05) is 6.07 Å². The summed E-state index contributed by atoms with van der Waals surface area (Å²) < 4.78 is 11.1. The van der Waals surface area contributed by atoms with Gasteiger partial charge < -0.3 is 14.1 Å². The summed E-state index contributed by atoms with van der Waals surface area (Å²) >= 11 is 0. The lowest BCUT2D eigenvalue weighted by molar-refractivity contribution is 0.0520. The fourth-order valence-corrected chi connectivity index (χ4v) is 2.89. The van der Waals surface area contributed by atoms with E-state index in [0.717, 1.165) is 12.8 Å². The second kappa shape index (κ2) is 6.76. The van der Waals surface area contributed by atoms with Crippen LogP contribution < -0.4 is 4.74 Å². The molecule has 1 aliphatic rings. The van der Waals surface area contributed by atoms with E-state index < -0.39 is 0 Å². The van der Waals surface area contributed by atoms with Gasteiger partial charge >= 0.3 is 0 Å². The van der Waals surface area contributed by atoms with Crippen molar-refractivity contribution in [2.75, 3.05) is 13.1 Å². The average molecular weight is 339 g/mol. The van der Waals surface area contributed by atoms with Crippen molar-refractivity contribution in [2.24, 2.45) is 0 Å². The van der Waals surface area contributed by atoms with Crippen LogP contribution in [0.3, 0.4) is 0 Å². The molecule has 3 aromatic heterocycles. The van der Waals surface area contributed by atoms with Crippen molar-refractivity contribution < 1.29 is 13.9 Å². The minimum Gasteiger partial charge on any atom is -0.471 e. The monoisotopic (exact) mass is 339 g/mol. The number of amides is 1. The van der Waals surface area contributed by atoms with Crippen LogP contribution in [0.4, 0.5) is 0 Å². The van der Waals surface area contributed by atoms with Gasteiger partial charge in [0.15, 0.2) is 11.5 Å². The summed E-state index contributed by atoms with van der Waals surface area (Å²) in [4.78, 5) is 14.5. The van der Waals surface area contributed by atoms with Crippen LogP contribution in [0.2, 0.25) is 0 Å². The van der Waals surface area contributed by atoms with Crippen LogP contribution in [-0.4, -0.2) is 50.4 Å². The molecule has 0 aliphatic carbocycles. The fraction of sp³-hybridized carbons (Fsp3) is 0.294. The van der Waals surface area contributed by atoms with E-state index >= 15 is 0 Å². The largest absolute Gasteiger partial charge is 0.471 e. The van der Waals surface area contributed by atoms with Gasteiger partial charge in [0.1, 0.15) is 11.8 Å². The topological polar surface area (TPSA) is 97.1 Å². The third kappa shape index (κ3) is 3.37. The first-order valence-electron chi connectivity index (χ1n) is 8.12. The average Bonchev–Trinajstić information content (AvgIpc) is 3.34. The van der Waals surface area contributed by atoms with Crippen molar-refractivity contribution in [3.63, 3.8) is 0 Å². The van der Waals surface area contributed by atoms with Gasteiger partial charge in [-0.3, -0.25) is 9.89 Å². The van der Waals surface area contributed by atoms with Crippen molar-refractivity contribution in [1.82, 2.24) is 25.3 Å².